The van der Waals surface area contributed by atoms with Crippen LogP contribution in [-0.4, -0.2) is 24.9 Å². The zero-order valence-corrected chi connectivity index (χ0v) is 32.5. The summed E-state index contributed by atoms with van der Waals surface area (Å²) in [4.78, 5) is 26.0. The van der Waals surface area contributed by atoms with E-state index in [0.717, 1.165) is 59.9 Å². The van der Waals surface area contributed by atoms with Crippen molar-refractivity contribution in [3.63, 3.8) is 0 Å². The van der Waals surface area contributed by atoms with Gasteiger partial charge >= 0.3 is 0 Å². The van der Waals surface area contributed by atoms with Gasteiger partial charge in [0, 0.05) is 78.2 Å². The van der Waals surface area contributed by atoms with E-state index in [4.69, 9.17) is 24.9 Å². The van der Waals surface area contributed by atoms with Gasteiger partial charge in [0.25, 0.3) is 0 Å². The van der Waals surface area contributed by atoms with E-state index in [9.17, 15) is 0 Å². The van der Waals surface area contributed by atoms with E-state index in [1.165, 1.54) is 34.3 Å². The minimum atomic E-state index is 0.638. The predicted molar refractivity (Wildman–Crippen MR) is 241 cm³/mol. The molecule has 5 heterocycles. The highest BCUT2D eigenvalue weighted by Crippen LogP contribution is 2.46. The molecule has 5 aromatic heterocycles. The van der Waals surface area contributed by atoms with Crippen LogP contribution in [0.5, 0.6) is 0 Å². The third-order valence-corrected chi connectivity index (χ3v) is 14.1. The summed E-state index contributed by atoms with van der Waals surface area (Å²) in [6, 6.07) is 57.2. The standard InChI is InChI=1S/C49H27N5S3/c1-3-13-28(14-4-1)46-52-47(29-15-5-2-6-16-29)54-49(53-46)34-20-12-24-40-41(34)36-27-30(25-26-39(36)55-40)48-50-42-33-18-8-10-23-38(33)57-45(42)43(51-48)35-21-11-19-32-31-17-7-9-22-37(31)56-44(32)35/h1-27H. The van der Waals surface area contributed by atoms with Gasteiger partial charge in [0.15, 0.2) is 23.3 Å². The Bertz CT molecular complexity index is 3480. The molecule has 0 bridgehead atoms. The van der Waals surface area contributed by atoms with Crippen molar-refractivity contribution in [1.82, 2.24) is 24.9 Å². The zero-order chi connectivity index (χ0) is 37.5. The third kappa shape index (κ3) is 5.29. The Morgan fingerprint density at radius 1 is 0.316 bits per heavy atom. The second kappa shape index (κ2) is 12.9. The van der Waals surface area contributed by atoms with Crippen molar-refractivity contribution in [1.29, 1.82) is 0 Å². The van der Waals surface area contributed by atoms with E-state index < -0.39 is 0 Å². The lowest BCUT2D eigenvalue weighted by Gasteiger charge is -2.10. The van der Waals surface area contributed by atoms with Crippen molar-refractivity contribution >= 4 is 94.7 Å². The molecule has 0 radical (unpaired) electrons. The summed E-state index contributed by atoms with van der Waals surface area (Å²) in [5.74, 6) is 2.63. The van der Waals surface area contributed by atoms with Crippen LogP contribution in [0.2, 0.25) is 0 Å². The molecule has 266 valence electrons. The minimum Gasteiger partial charge on any atom is -0.226 e. The molecular formula is C49H27N5S3. The molecule has 0 fully saturated rings. The number of rotatable bonds is 5. The van der Waals surface area contributed by atoms with E-state index in [2.05, 4.69) is 103 Å². The molecular weight excluding hydrogens is 755 g/mol. The van der Waals surface area contributed by atoms with Gasteiger partial charge in [-0.25, -0.2) is 24.9 Å². The van der Waals surface area contributed by atoms with Crippen LogP contribution in [0, 0.1) is 0 Å². The molecule has 8 heteroatoms. The van der Waals surface area contributed by atoms with E-state index in [1.807, 2.05) is 72.0 Å². The molecule has 12 aromatic rings. The van der Waals surface area contributed by atoms with Gasteiger partial charge in [0.2, 0.25) is 0 Å². The molecule has 0 atom stereocenters. The van der Waals surface area contributed by atoms with Gasteiger partial charge in [-0.15, -0.1) is 34.0 Å². The predicted octanol–water partition coefficient (Wildman–Crippen LogP) is 14.1. The summed E-state index contributed by atoms with van der Waals surface area (Å²) in [6.07, 6.45) is 0. The monoisotopic (exact) mass is 781 g/mol. The molecule has 0 aliphatic rings. The first-order chi connectivity index (χ1) is 28.2. The third-order valence-electron chi connectivity index (χ3n) is 10.6. The van der Waals surface area contributed by atoms with Crippen molar-refractivity contribution in [3.05, 3.63) is 164 Å². The first kappa shape index (κ1) is 32.5. The highest BCUT2D eigenvalue weighted by Gasteiger charge is 2.21. The molecule has 0 unspecified atom stereocenters. The highest BCUT2D eigenvalue weighted by atomic mass is 32.1. The molecule has 0 amide bonds. The van der Waals surface area contributed by atoms with Gasteiger partial charge in [-0.3, -0.25) is 0 Å². The molecule has 0 aliphatic heterocycles. The van der Waals surface area contributed by atoms with Crippen molar-refractivity contribution in [2.45, 2.75) is 0 Å². The average Bonchev–Trinajstić information content (AvgIpc) is 3.98. The summed E-state index contributed by atoms with van der Waals surface area (Å²) in [6.45, 7) is 0. The van der Waals surface area contributed by atoms with Crippen molar-refractivity contribution in [3.8, 4) is 56.8 Å². The maximum Gasteiger partial charge on any atom is 0.164 e. The number of thiophene rings is 3. The molecule has 0 saturated heterocycles. The van der Waals surface area contributed by atoms with Gasteiger partial charge in [0.05, 0.1) is 15.9 Å². The number of hydrogen-bond acceptors (Lipinski definition) is 8. The second-order valence-corrected chi connectivity index (χ2v) is 17.2. The number of benzene rings is 7. The van der Waals surface area contributed by atoms with Crippen LogP contribution in [0.1, 0.15) is 0 Å². The zero-order valence-electron chi connectivity index (χ0n) is 30.0. The van der Waals surface area contributed by atoms with Gasteiger partial charge in [-0.05, 0) is 36.4 Å². The van der Waals surface area contributed by atoms with E-state index >= 15 is 0 Å². The van der Waals surface area contributed by atoms with Crippen molar-refractivity contribution in [2.75, 3.05) is 0 Å². The molecule has 7 aromatic carbocycles. The Labute approximate surface area is 338 Å². The summed E-state index contributed by atoms with van der Waals surface area (Å²) < 4.78 is 7.17. The van der Waals surface area contributed by atoms with Crippen LogP contribution in [-0.2, 0) is 0 Å². The summed E-state index contributed by atoms with van der Waals surface area (Å²) in [7, 11) is 0. The average molecular weight is 782 g/mol. The maximum absolute atomic E-state index is 5.48. The smallest absolute Gasteiger partial charge is 0.164 e. The van der Waals surface area contributed by atoms with Crippen LogP contribution in [0.4, 0.5) is 0 Å². The van der Waals surface area contributed by atoms with E-state index in [0.29, 0.717) is 23.3 Å². The fraction of sp³-hybridized carbons (Fsp3) is 0. The quantitative estimate of drug-likeness (QED) is 0.174. The van der Waals surface area contributed by atoms with Gasteiger partial charge in [0.1, 0.15) is 0 Å². The molecule has 0 aliphatic carbocycles. The van der Waals surface area contributed by atoms with Crippen LogP contribution in [0.3, 0.4) is 0 Å². The van der Waals surface area contributed by atoms with Gasteiger partial charge < -0.3 is 0 Å². The Morgan fingerprint density at radius 3 is 1.65 bits per heavy atom. The normalized spacial score (nSPS) is 11.9. The Morgan fingerprint density at radius 2 is 0.877 bits per heavy atom. The fourth-order valence-corrected chi connectivity index (χ4v) is 11.4. The molecule has 5 nitrogen and oxygen atoms in total. The van der Waals surface area contributed by atoms with Crippen molar-refractivity contribution in [2.24, 2.45) is 0 Å². The van der Waals surface area contributed by atoms with Gasteiger partial charge in [-0.2, -0.15) is 0 Å². The lowest BCUT2D eigenvalue weighted by atomic mass is 10.0. The summed E-state index contributed by atoms with van der Waals surface area (Å²) in [5.41, 5.74) is 6.90. The topological polar surface area (TPSA) is 64.5 Å². The maximum atomic E-state index is 5.48. The SMILES string of the molecule is c1ccc(-c2nc(-c3ccccc3)nc(-c3cccc4sc5ccc(-c6nc(-c7cccc8c7sc7ccccc78)c7sc8ccccc8c7n6)cc5c34)n2)cc1. The lowest BCUT2D eigenvalue weighted by Crippen LogP contribution is -2.00. The summed E-state index contributed by atoms with van der Waals surface area (Å²) >= 11 is 5.38. The van der Waals surface area contributed by atoms with Crippen LogP contribution < -0.4 is 0 Å². The number of aromatic nitrogens is 5. The number of hydrogen-bond donors (Lipinski definition) is 0. The molecule has 57 heavy (non-hydrogen) atoms. The molecule has 0 N–H and O–H groups in total. The van der Waals surface area contributed by atoms with E-state index in [1.54, 1.807) is 22.7 Å². The summed E-state index contributed by atoms with van der Waals surface area (Å²) in [5, 5.41) is 5.91. The van der Waals surface area contributed by atoms with Crippen molar-refractivity contribution < 1.29 is 0 Å². The number of fused-ring (bicyclic) bond motifs is 9. The first-order valence-corrected chi connectivity index (χ1v) is 21.1. The fourth-order valence-electron chi connectivity index (χ4n) is 7.92. The second-order valence-electron chi connectivity index (χ2n) is 14.0. The van der Waals surface area contributed by atoms with E-state index in [-0.39, 0.29) is 0 Å². The van der Waals surface area contributed by atoms with Gasteiger partial charge in [-0.1, -0.05) is 127 Å². The first-order valence-electron chi connectivity index (χ1n) is 18.7. The molecule has 0 saturated carbocycles. The molecule has 12 rings (SSSR count). The lowest BCUT2D eigenvalue weighted by molar-refractivity contribution is 1.08. The minimum absolute atomic E-state index is 0.638. The van der Waals surface area contributed by atoms with Crippen LogP contribution in [0.25, 0.3) is 117 Å². The Balaban J connectivity index is 1.09. The Kier molecular flexibility index (Phi) is 7.38. The highest BCUT2D eigenvalue weighted by molar-refractivity contribution is 7.27. The number of nitrogens with zero attached hydrogens (tertiary/aromatic N) is 5. The van der Waals surface area contributed by atoms with Crippen LogP contribution >= 0.6 is 34.0 Å². The molecule has 0 spiro atoms. The largest absolute Gasteiger partial charge is 0.226 e. The van der Waals surface area contributed by atoms with Crippen LogP contribution in [0.15, 0.2) is 164 Å². The Hall–Kier alpha value is -6.71.